The Bertz CT molecular complexity index is 1150. The number of hydrazine groups is 1. The Morgan fingerprint density at radius 1 is 0.839 bits per heavy atom. The smallest absolute Gasteiger partial charge is 0.269 e. The summed E-state index contributed by atoms with van der Waals surface area (Å²) in [5, 5.41) is 0. The molecule has 154 valence electrons. The molecule has 5 heteroatoms. The number of benzene rings is 3. The number of para-hydroxylation sites is 1. The highest BCUT2D eigenvalue weighted by Crippen LogP contribution is 2.30. The van der Waals surface area contributed by atoms with E-state index in [0.29, 0.717) is 23.6 Å². The highest BCUT2D eigenvalue weighted by Gasteiger charge is 2.09. The van der Waals surface area contributed by atoms with Gasteiger partial charge in [0.15, 0.2) is 5.76 Å². The van der Waals surface area contributed by atoms with Crippen molar-refractivity contribution in [2.45, 2.75) is 6.61 Å². The first-order chi connectivity index (χ1) is 15.2. The van der Waals surface area contributed by atoms with Crippen LogP contribution in [0.5, 0.6) is 5.75 Å². The molecular formula is C26H22N2O3. The van der Waals surface area contributed by atoms with Crippen molar-refractivity contribution in [3.05, 3.63) is 121 Å². The molecule has 0 fully saturated rings. The minimum absolute atomic E-state index is 0.269. The topological polar surface area (TPSA) is 63.5 Å². The molecule has 31 heavy (non-hydrogen) atoms. The summed E-state index contributed by atoms with van der Waals surface area (Å²) in [7, 11) is 0. The maximum absolute atomic E-state index is 12.3. The van der Waals surface area contributed by atoms with Crippen LogP contribution in [0.2, 0.25) is 0 Å². The number of ether oxygens (including phenoxy) is 1. The van der Waals surface area contributed by atoms with Crippen LogP contribution in [0.25, 0.3) is 16.8 Å². The molecule has 0 saturated carbocycles. The molecular weight excluding hydrogens is 388 g/mol. The van der Waals surface area contributed by atoms with Crippen molar-refractivity contribution in [1.29, 1.82) is 0 Å². The summed E-state index contributed by atoms with van der Waals surface area (Å²) in [6.07, 6.45) is 1.54. The highest BCUT2D eigenvalue weighted by molar-refractivity contribution is 5.94. The van der Waals surface area contributed by atoms with Crippen molar-refractivity contribution in [3.63, 3.8) is 0 Å². The molecule has 0 aliphatic carbocycles. The van der Waals surface area contributed by atoms with Crippen LogP contribution in [-0.4, -0.2) is 5.91 Å². The maximum atomic E-state index is 12.3. The van der Waals surface area contributed by atoms with E-state index in [4.69, 9.17) is 9.15 Å². The van der Waals surface area contributed by atoms with E-state index in [0.717, 1.165) is 22.4 Å². The molecule has 1 amide bonds. The lowest BCUT2D eigenvalue weighted by atomic mass is 10.0. The van der Waals surface area contributed by atoms with Gasteiger partial charge in [-0.05, 0) is 41.5 Å². The normalized spacial score (nSPS) is 10.3. The number of amides is 1. The Kier molecular flexibility index (Phi) is 6.14. The predicted molar refractivity (Wildman–Crippen MR) is 121 cm³/mol. The number of rotatable bonds is 8. The van der Waals surface area contributed by atoms with E-state index in [1.54, 1.807) is 30.5 Å². The van der Waals surface area contributed by atoms with Crippen LogP contribution in [0.15, 0.2) is 108 Å². The quantitative estimate of drug-likeness (QED) is 0.380. The minimum Gasteiger partial charge on any atom is -0.488 e. The van der Waals surface area contributed by atoms with Crippen LogP contribution in [0, 0.1) is 0 Å². The summed E-state index contributed by atoms with van der Waals surface area (Å²) in [6, 6.07) is 28.9. The van der Waals surface area contributed by atoms with E-state index in [1.165, 1.54) is 0 Å². The zero-order chi connectivity index (χ0) is 21.5. The number of furan rings is 1. The summed E-state index contributed by atoms with van der Waals surface area (Å²) < 4.78 is 11.3. The van der Waals surface area contributed by atoms with Crippen LogP contribution in [-0.2, 0) is 6.61 Å². The fraction of sp³-hybridized carbons (Fsp3) is 0.0385. The predicted octanol–water partition coefficient (Wildman–Crippen LogP) is 5.43. The van der Waals surface area contributed by atoms with Gasteiger partial charge in [-0.25, -0.2) is 0 Å². The van der Waals surface area contributed by atoms with Crippen molar-refractivity contribution in [2.24, 2.45) is 0 Å². The average Bonchev–Trinajstić information content (AvgIpc) is 3.37. The summed E-state index contributed by atoms with van der Waals surface area (Å²) in [6.45, 7) is 4.22. The van der Waals surface area contributed by atoms with Crippen molar-refractivity contribution in [3.8, 4) is 16.9 Å². The summed E-state index contributed by atoms with van der Waals surface area (Å²) in [5.74, 6) is 1.11. The highest BCUT2D eigenvalue weighted by atomic mass is 16.5. The summed E-state index contributed by atoms with van der Waals surface area (Å²) in [4.78, 5) is 12.3. The fourth-order valence-electron chi connectivity index (χ4n) is 3.08. The van der Waals surface area contributed by atoms with Gasteiger partial charge < -0.3 is 9.15 Å². The SMILES string of the molecule is C=C(NNC(=O)c1ccc(COc2ccccc2-c2ccccc2)cc1)c1ccco1. The van der Waals surface area contributed by atoms with Gasteiger partial charge >= 0.3 is 0 Å². The zero-order valence-corrected chi connectivity index (χ0v) is 16.9. The lowest BCUT2D eigenvalue weighted by molar-refractivity contribution is 0.0942. The molecule has 0 saturated heterocycles. The van der Waals surface area contributed by atoms with Crippen LogP contribution >= 0.6 is 0 Å². The first kappa shape index (κ1) is 20.0. The second kappa shape index (κ2) is 9.50. The van der Waals surface area contributed by atoms with Gasteiger partial charge in [0.05, 0.1) is 12.0 Å². The molecule has 0 spiro atoms. The maximum Gasteiger partial charge on any atom is 0.269 e. The van der Waals surface area contributed by atoms with E-state index in [9.17, 15) is 4.79 Å². The van der Waals surface area contributed by atoms with E-state index in [1.807, 2.05) is 54.6 Å². The molecule has 5 nitrogen and oxygen atoms in total. The van der Waals surface area contributed by atoms with Gasteiger partial charge in [-0.1, -0.05) is 67.2 Å². The Morgan fingerprint density at radius 3 is 2.32 bits per heavy atom. The Balaban J connectivity index is 1.35. The van der Waals surface area contributed by atoms with Crippen molar-refractivity contribution in [2.75, 3.05) is 0 Å². The van der Waals surface area contributed by atoms with E-state index < -0.39 is 0 Å². The number of carbonyl (C=O) groups excluding carboxylic acids is 1. The standard InChI is InChI=1S/C26H22N2O3/c1-19(24-12-7-17-30-24)27-28-26(29)22-15-13-20(14-16-22)18-31-25-11-6-5-10-23(25)21-8-3-2-4-9-21/h2-17,27H,1,18H2,(H,28,29). The van der Waals surface area contributed by atoms with E-state index >= 15 is 0 Å². The monoisotopic (exact) mass is 410 g/mol. The number of nitrogens with one attached hydrogen (secondary N) is 2. The van der Waals surface area contributed by atoms with Gasteiger partial charge in [-0.15, -0.1) is 0 Å². The Labute approximate surface area is 181 Å². The van der Waals surface area contributed by atoms with Gasteiger partial charge in [0.25, 0.3) is 5.91 Å². The molecule has 0 aliphatic rings. The molecule has 1 heterocycles. The molecule has 2 N–H and O–H groups in total. The van der Waals surface area contributed by atoms with Crippen molar-refractivity contribution < 1.29 is 13.9 Å². The van der Waals surface area contributed by atoms with Crippen molar-refractivity contribution >= 4 is 11.6 Å². The summed E-state index contributed by atoms with van der Waals surface area (Å²) in [5.41, 5.74) is 9.47. The lowest BCUT2D eigenvalue weighted by Crippen LogP contribution is -2.35. The molecule has 0 unspecified atom stereocenters. The lowest BCUT2D eigenvalue weighted by Gasteiger charge is -2.12. The number of hydrogen-bond acceptors (Lipinski definition) is 4. The second-order valence-corrected chi connectivity index (χ2v) is 6.88. The minimum atomic E-state index is -0.269. The first-order valence-corrected chi connectivity index (χ1v) is 9.86. The third kappa shape index (κ3) is 5.03. The number of hydrogen-bond donors (Lipinski definition) is 2. The van der Waals surface area contributed by atoms with Gasteiger partial charge in [0, 0.05) is 11.1 Å². The number of carbonyl (C=O) groups is 1. The molecule has 0 radical (unpaired) electrons. The van der Waals surface area contributed by atoms with E-state index in [-0.39, 0.29) is 5.91 Å². The van der Waals surface area contributed by atoms with Crippen LogP contribution < -0.4 is 15.6 Å². The van der Waals surface area contributed by atoms with Crippen molar-refractivity contribution in [1.82, 2.24) is 10.9 Å². The largest absolute Gasteiger partial charge is 0.488 e. The second-order valence-electron chi connectivity index (χ2n) is 6.88. The van der Waals surface area contributed by atoms with Gasteiger partial charge in [-0.3, -0.25) is 15.6 Å². The molecule has 1 aromatic heterocycles. The Hall–Kier alpha value is -4.25. The fourth-order valence-corrected chi connectivity index (χ4v) is 3.08. The summed E-state index contributed by atoms with van der Waals surface area (Å²) >= 11 is 0. The Morgan fingerprint density at radius 2 is 1.58 bits per heavy atom. The molecule has 4 aromatic rings. The molecule has 0 atom stereocenters. The van der Waals surface area contributed by atoms with Gasteiger partial charge in [0.2, 0.25) is 0 Å². The van der Waals surface area contributed by atoms with E-state index in [2.05, 4.69) is 29.6 Å². The van der Waals surface area contributed by atoms with Gasteiger partial charge in [-0.2, -0.15) is 0 Å². The van der Waals surface area contributed by atoms with Crippen LogP contribution in [0.4, 0.5) is 0 Å². The third-order valence-electron chi connectivity index (χ3n) is 4.73. The molecule has 3 aromatic carbocycles. The zero-order valence-electron chi connectivity index (χ0n) is 16.9. The van der Waals surface area contributed by atoms with Gasteiger partial charge in [0.1, 0.15) is 12.4 Å². The molecule has 0 aliphatic heterocycles. The molecule has 0 bridgehead atoms. The van der Waals surface area contributed by atoms with Crippen LogP contribution in [0.3, 0.4) is 0 Å². The average molecular weight is 410 g/mol. The third-order valence-corrected chi connectivity index (χ3v) is 4.73. The molecule has 4 rings (SSSR count). The van der Waals surface area contributed by atoms with Crippen LogP contribution in [0.1, 0.15) is 21.7 Å². The first-order valence-electron chi connectivity index (χ1n) is 9.86.